The Morgan fingerprint density at radius 1 is 1.00 bits per heavy atom. The third kappa shape index (κ3) is 4.56. The van der Waals surface area contributed by atoms with Crippen molar-refractivity contribution in [2.24, 2.45) is 0 Å². The quantitative estimate of drug-likeness (QED) is 0.320. The molecule has 5 heteroatoms. The highest BCUT2D eigenvalue weighted by Crippen LogP contribution is 2.28. The molecule has 2 heterocycles. The fourth-order valence-corrected chi connectivity index (χ4v) is 4.20. The average Bonchev–Trinajstić information content (AvgIpc) is 3.08. The van der Waals surface area contributed by atoms with Crippen molar-refractivity contribution < 1.29 is 4.74 Å². The summed E-state index contributed by atoms with van der Waals surface area (Å²) in [6.45, 7) is 3.64. The zero-order chi connectivity index (χ0) is 20.1. The third-order valence-electron chi connectivity index (χ3n) is 5.21. The van der Waals surface area contributed by atoms with Crippen LogP contribution in [0.3, 0.4) is 0 Å². The Morgan fingerprint density at radius 2 is 1.86 bits per heavy atom. The van der Waals surface area contributed by atoms with Crippen LogP contribution in [0, 0.1) is 6.92 Å². The molecular weight excluding hydrogens is 378 g/mol. The second-order valence-corrected chi connectivity index (χ2v) is 8.29. The van der Waals surface area contributed by atoms with Crippen molar-refractivity contribution in [2.75, 3.05) is 12.0 Å². The van der Waals surface area contributed by atoms with E-state index in [-0.39, 0.29) is 0 Å². The molecule has 2 aromatic carbocycles. The van der Waals surface area contributed by atoms with Gasteiger partial charge in [0.25, 0.3) is 0 Å². The fourth-order valence-electron chi connectivity index (χ4n) is 3.71. The number of aromatic nitrogens is 3. The summed E-state index contributed by atoms with van der Waals surface area (Å²) in [6, 6.07) is 16.4. The number of rotatable bonds is 9. The first-order valence-electron chi connectivity index (χ1n) is 10.2. The van der Waals surface area contributed by atoms with E-state index < -0.39 is 0 Å². The summed E-state index contributed by atoms with van der Waals surface area (Å²) in [4.78, 5) is 9.37. The van der Waals surface area contributed by atoms with E-state index >= 15 is 0 Å². The molecule has 0 bridgehead atoms. The number of imidazole rings is 1. The van der Waals surface area contributed by atoms with Gasteiger partial charge in [0.2, 0.25) is 0 Å². The lowest BCUT2D eigenvalue weighted by Crippen LogP contribution is -2.01. The summed E-state index contributed by atoms with van der Waals surface area (Å²) in [5, 5.41) is 1.11. The number of thioether (sulfide) groups is 1. The number of fused-ring (bicyclic) bond motifs is 3. The molecule has 0 aliphatic heterocycles. The fraction of sp³-hybridized carbons (Fsp3) is 0.333. The van der Waals surface area contributed by atoms with E-state index in [0.717, 1.165) is 40.1 Å². The first-order chi connectivity index (χ1) is 14.3. The first kappa shape index (κ1) is 19.8. The molecule has 0 N–H and O–H groups in total. The first-order valence-corrected chi connectivity index (χ1v) is 11.6. The predicted octanol–water partition coefficient (Wildman–Crippen LogP) is 6.01. The maximum Gasteiger partial charge on any atom is 0.120 e. The molecule has 0 saturated carbocycles. The van der Waals surface area contributed by atoms with Gasteiger partial charge in [0, 0.05) is 11.9 Å². The zero-order valence-electron chi connectivity index (χ0n) is 17.1. The number of benzene rings is 2. The normalized spacial score (nSPS) is 11.4. The number of pyridine rings is 1. The molecule has 150 valence electrons. The highest BCUT2D eigenvalue weighted by Gasteiger charge is 2.12. The standard InChI is InChI=1S/C24H27N3OS/c1-18-26-23-16-25-22-12-11-20(28-17-19-9-5-3-6-10-19)15-21(22)24(23)27(18)13-7-4-8-14-29-2/h3,5-6,9-12,15-16H,4,7-8,13-14,17H2,1-2H3. The largest absolute Gasteiger partial charge is 0.489 e. The number of unbranched alkanes of at least 4 members (excludes halogenated alkanes) is 2. The van der Waals surface area contributed by atoms with Gasteiger partial charge in [0.1, 0.15) is 23.7 Å². The molecule has 0 saturated heterocycles. The molecule has 0 amide bonds. The van der Waals surface area contributed by atoms with Gasteiger partial charge in [-0.1, -0.05) is 36.8 Å². The number of nitrogens with zero attached hydrogens (tertiary/aromatic N) is 3. The Morgan fingerprint density at radius 3 is 2.69 bits per heavy atom. The summed E-state index contributed by atoms with van der Waals surface area (Å²) in [5.41, 5.74) is 4.27. The van der Waals surface area contributed by atoms with Gasteiger partial charge in [0.15, 0.2) is 0 Å². The molecule has 0 aliphatic rings. The molecule has 0 aliphatic carbocycles. The SMILES string of the molecule is CSCCCCCn1c(C)nc2cnc3ccc(OCc4ccccc4)cc3c21. The van der Waals surface area contributed by atoms with E-state index in [4.69, 9.17) is 9.72 Å². The van der Waals surface area contributed by atoms with E-state index in [0.29, 0.717) is 6.61 Å². The van der Waals surface area contributed by atoms with Gasteiger partial charge in [-0.3, -0.25) is 4.98 Å². The van der Waals surface area contributed by atoms with Crippen LogP contribution in [0.1, 0.15) is 30.7 Å². The van der Waals surface area contributed by atoms with Crippen molar-refractivity contribution in [1.82, 2.24) is 14.5 Å². The minimum absolute atomic E-state index is 0.559. The van der Waals surface area contributed by atoms with Crippen LogP contribution in [0.4, 0.5) is 0 Å². The van der Waals surface area contributed by atoms with Crippen LogP contribution in [0.25, 0.3) is 21.9 Å². The summed E-state index contributed by atoms with van der Waals surface area (Å²) in [7, 11) is 0. The topological polar surface area (TPSA) is 39.9 Å². The van der Waals surface area contributed by atoms with E-state index in [1.165, 1.54) is 30.5 Å². The number of aryl methyl sites for hydroxylation is 2. The molecule has 4 aromatic rings. The van der Waals surface area contributed by atoms with Crippen molar-refractivity contribution >= 4 is 33.7 Å². The second-order valence-electron chi connectivity index (χ2n) is 7.31. The summed E-state index contributed by atoms with van der Waals surface area (Å²) < 4.78 is 8.41. The highest BCUT2D eigenvalue weighted by atomic mass is 32.2. The van der Waals surface area contributed by atoms with Crippen LogP contribution < -0.4 is 4.74 Å². The summed E-state index contributed by atoms with van der Waals surface area (Å²) in [6.07, 6.45) is 7.74. The van der Waals surface area contributed by atoms with Gasteiger partial charge in [-0.15, -0.1) is 0 Å². The van der Waals surface area contributed by atoms with Crippen LogP contribution in [0.15, 0.2) is 54.7 Å². The van der Waals surface area contributed by atoms with E-state index in [1.54, 1.807) is 0 Å². The van der Waals surface area contributed by atoms with Crippen molar-refractivity contribution in [3.63, 3.8) is 0 Å². The highest BCUT2D eigenvalue weighted by molar-refractivity contribution is 7.98. The molecule has 0 radical (unpaired) electrons. The average molecular weight is 406 g/mol. The predicted molar refractivity (Wildman–Crippen MR) is 123 cm³/mol. The van der Waals surface area contributed by atoms with Gasteiger partial charge in [-0.2, -0.15) is 11.8 Å². The van der Waals surface area contributed by atoms with Crippen LogP contribution in [0.2, 0.25) is 0 Å². The minimum atomic E-state index is 0.559. The Labute approximate surface area is 176 Å². The van der Waals surface area contributed by atoms with Crippen molar-refractivity contribution in [3.8, 4) is 5.75 Å². The van der Waals surface area contributed by atoms with Gasteiger partial charge in [0.05, 0.1) is 17.2 Å². The monoisotopic (exact) mass is 405 g/mol. The maximum atomic E-state index is 6.06. The van der Waals surface area contributed by atoms with E-state index in [1.807, 2.05) is 48.3 Å². The second kappa shape index (κ2) is 9.31. The third-order valence-corrected chi connectivity index (χ3v) is 5.91. The molecule has 0 unspecified atom stereocenters. The number of ether oxygens (including phenoxy) is 1. The van der Waals surface area contributed by atoms with Gasteiger partial charge in [-0.05, 0) is 55.5 Å². The number of hydrogen-bond donors (Lipinski definition) is 0. The molecule has 4 rings (SSSR count). The molecule has 2 aromatic heterocycles. The lowest BCUT2D eigenvalue weighted by Gasteiger charge is -2.10. The van der Waals surface area contributed by atoms with Gasteiger partial charge < -0.3 is 9.30 Å². The van der Waals surface area contributed by atoms with Crippen LogP contribution in [0.5, 0.6) is 5.75 Å². The Bertz CT molecular complexity index is 1090. The summed E-state index contributed by atoms with van der Waals surface area (Å²) in [5.74, 6) is 3.15. The lowest BCUT2D eigenvalue weighted by molar-refractivity contribution is 0.306. The maximum absolute atomic E-state index is 6.06. The molecule has 0 atom stereocenters. The number of hydrogen-bond acceptors (Lipinski definition) is 4. The van der Waals surface area contributed by atoms with Crippen LogP contribution in [-0.2, 0) is 13.2 Å². The van der Waals surface area contributed by atoms with Crippen molar-refractivity contribution in [3.05, 3.63) is 66.1 Å². The van der Waals surface area contributed by atoms with Crippen LogP contribution >= 0.6 is 11.8 Å². The molecule has 4 nitrogen and oxygen atoms in total. The molecule has 0 spiro atoms. The Kier molecular flexibility index (Phi) is 6.35. The van der Waals surface area contributed by atoms with E-state index in [2.05, 4.69) is 40.9 Å². The summed E-state index contributed by atoms with van der Waals surface area (Å²) >= 11 is 1.92. The molecule has 0 fully saturated rings. The van der Waals surface area contributed by atoms with Crippen molar-refractivity contribution in [1.29, 1.82) is 0 Å². The minimum Gasteiger partial charge on any atom is -0.489 e. The lowest BCUT2D eigenvalue weighted by atomic mass is 10.1. The van der Waals surface area contributed by atoms with Gasteiger partial charge in [-0.25, -0.2) is 4.98 Å². The Hall–Kier alpha value is -2.53. The van der Waals surface area contributed by atoms with Crippen molar-refractivity contribution in [2.45, 2.75) is 39.3 Å². The van der Waals surface area contributed by atoms with E-state index in [9.17, 15) is 0 Å². The van der Waals surface area contributed by atoms with Gasteiger partial charge >= 0.3 is 0 Å². The van der Waals surface area contributed by atoms with Crippen LogP contribution in [-0.4, -0.2) is 26.5 Å². The molecule has 29 heavy (non-hydrogen) atoms. The Balaban J connectivity index is 1.62. The smallest absolute Gasteiger partial charge is 0.120 e. The zero-order valence-corrected chi connectivity index (χ0v) is 17.9. The molecular formula is C24H27N3OS.